The average Bonchev–Trinajstić information content (AvgIpc) is 2.74. The Morgan fingerprint density at radius 1 is 1.03 bits per heavy atom. The average molecular weight is 409 g/mol. The lowest BCUT2D eigenvalue weighted by atomic mass is 10.1. The van der Waals surface area contributed by atoms with Gasteiger partial charge in [-0.1, -0.05) is 0 Å². The molecular formula is C21H23N5O4. The standard InChI is InChI=1S/C21H23N5O4/c1-13(2)30-18-11-14(5-10-17(18)29-4)12-22-25-21-23-20(27)19(24-26-21)15-6-8-16(28-3)9-7-15/h5-13H,1-4H3,(H2,23,25,26,27)/b22-12+. The quantitative estimate of drug-likeness (QED) is 0.434. The lowest BCUT2D eigenvalue weighted by Crippen LogP contribution is -2.15. The minimum absolute atomic E-state index is 0.00813. The van der Waals surface area contributed by atoms with E-state index in [1.54, 1.807) is 50.8 Å². The minimum Gasteiger partial charge on any atom is -0.497 e. The molecule has 9 heteroatoms. The Labute approximate surface area is 173 Å². The van der Waals surface area contributed by atoms with Crippen molar-refractivity contribution in [1.29, 1.82) is 0 Å². The molecule has 1 aromatic heterocycles. The third kappa shape index (κ3) is 5.13. The molecule has 0 aliphatic rings. The van der Waals surface area contributed by atoms with Crippen LogP contribution in [0.2, 0.25) is 0 Å². The van der Waals surface area contributed by atoms with Crippen LogP contribution in [0, 0.1) is 0 Å². The molecule has 0 unspecified atom stereocenters. The summed E-state index contributed by atoms with van der Waals surface area (Å²) >= 11 is 0. The van der Waals surface area contributed by atoms with Crippen molar-refractivity contribution in [2.24, 2.45) is 5.10 Å². The third-order valence-corrected chi connectivity index (χ3v) is 3.99. The molecule has 0 amide bonds. The van der Waals surface area contributed by atoms with Crippen LogP contribution in [-0.2, 0) is 0 Å². The van der Waals surface area contributed by atoms with Gasteiger partial charge in [-0.3, -0.25) is 9.78 Å². The number of H-pyrrole nitrogens is 1. The summed E-state index contributed by atoms with van der Waals surface area (Å²) in [5.41, 5.74) is 3.91. The Bertz CT molecular complexity index is 1080. The molecule has 0 aliphatic carbocycles. The second-order valence-electron chi connectivity index (χ2n) is 6.53. The summed E-state index contributed by atoms with van der Waals surface area (Å²) in [6.45, 7) is 3.87. The zero-order valence-corrected chi connectivity index (χ0v) is 17.2. The van der Waals surface area contributed by atoms with E-state index in [9.17, 15) is 4.79 Å². The van der Waals surface area contributed by atoms with Crippen molar-refractivity contribution >= 4 is 12.2 Å². The number of anilines is 1. The maximum Gasteiger partial charge on any atom is 0.279 e. The van der Waals surface area contributed by atoms with Crippen molar-refractivity contribution < 1.29 is 14.2 Å². The van der Waals surface area contributed by atoms with Gasteiger partial charge in [0, 0.05) is 5.56 Å². The first kappa shape index (κ1) is 20.8. The van der Waals surface area contributed by atoms with E-state index in [0.717, 1.165) is 5.56 Å². The molecule has 2 aromatic carbocycles. The highest BCUT2D eigenvalue weighted by Gasteiger charge is 2.08. The van der Waals surface area contributed by atoms with E-state index < -0.39 is 0 Å². The van der Waals surface area contributed by atoms with Crippen LogP contribution >= 0.6 is 0 Å². The topological polar surface area (TPSA) is 111 Å². The first-order valence-corrected chi connectivity index (χ1v) is 9.25. The molecule has 3 aromatic rings. The van der Waals surface area contributed by atoms with Crippen LogP contribution in [0.4, 0.5) is 5.95 Å². The SMILES string of the molecule is COc1ccc(-c2nnc(N/N=C/c3ccc(OC)c(OC(C)C)c3)[nH]c2=O)cc1. The van der Waals surface area contributed by atoms with E-state index in [0.29, 0.717) is 22.8 Å². The van der Waals surface area contributed by atoms with Gasteiger partial charge in [0.1, 0.15) is 5.75 Å². The summed E-state index contributed by atoms with van der Waals surface area (Å²) in [6.07, 6.45) is 1.58. The zero-order valence-electron chi connectivity index (χ0n) is 17.2. The third-order valence-electron chi connectivity index (χ3n) is 3.99. The van der Waals surface area contributed by atoms with E-state index in [2.05, 4.69) is 25.7 Å². The van der Waals surface area contributed by atoms with Crippen LogP contribution in [0.3, 0.4) is 0 Å². The van der Waals surface area contributed by atoms with Gasteiger partial charge < -0.3 is 14.2 Å². The van der Waals surface area contributed by atoms with Crippen molar-refractivity contribution in [3.63, 3.8) is 0 Å². The fraction of sp³-hybridized carbons (Fsp3) is 0.238. The maximum absolute atomic E-state index is 12.3. The molecule has 1 heterocycles. The van der Waals surface area contributed by atoms with E-state index in [1.807, 2.05) is 26.0 Å². The molecule has 30 heavy (non-hydrogen) atoms. The molecule has 0 radical (unpaired) electrons. The van der Waals surface area contributed by atoms with Gasteiger partial charge in [0.2, 0.25) is 5.95 Å². The second-order valence-corrected chi connectivity index (χ2v) is 6.53. The van der Waals surface area contributed by atoms with Crippen LogP contribution in [0.5, 0.6) is 17.2 Å². The number of methoxy groups -OCH3 is 2. The number of hydrogen-bond donors (Lipinski definition) is 2. The number of nitrogens with one attached hydrogen (secondary N) is 2. The van der Waals surface area contributed by atoms with Crippen LogP contribution in [0.1, 0.15) is 19.4 Å². The second kappa shape index (κ2) is 9.55. The van der Waals surface area contributed by atoms with Gasteiger partial charge in [0.05, 0.1) is 26.5 Å². The molecule has 9 nitrogen and oxygen atoms in total. The fourth-order valence-corrected chi connectivity index (χ4v) is 2.61. The molecule has 2 N–H and O–H groups in total. The molecule has 0 atom stereocenters. The number of hydrazone groups is 1. The molecular weight excluding hydrogens is 386 g/mol. The molecule has 0 bridgehead atoms. The Morgan fingerprint density at radius 3 is 2.43 bits per heavy atom. The number of aromatic nitrogens is 3. The highest BCUT2D eigenvalue weighted by Crippen LogP contribution is 2.28. The summed E-state index contributed by atoms with van der Waals surface area (Å²) in [4.78, 5) is 14.9. The summed E-state index contributed by atoms with van der Waals surface area (Å²) in [5.74, 6) is 2.07. The van der Waals surface area contributed by atoms with Crippen molar-refractivity contribution in [3.8, 4) is 28.5 Å². The Hall–Kier alpha value is -3.88. The van der Waals surface area contributed by atoms with Gasteiger partial charge in [-0.25, -0.2) is 5.43 Å². The number of hydrogen-bond acceptors (Lipinski definition) is 8. The van der Waals surface area contributed by atoms with E-state index in [4.69, 9.17) is 14.2 Å². The zero-order chi connectivity index (χ0) is 21.5. The summed E-state index contributed by atoms with van der Waals surface area (Å²) in [7, 11) is 3.16. The van der Waals surface area contributed by atoms with Gasteiger partial charge in [-0.2, -0.15) is 5.10 Å². The molecule has 0 saturated heterocycles. The number of nitrogens with zero attached hydrogens (tertiary/aromatic N) is 3. The van der Waals surface area contributed by atoms with Gasteiger partial charge in [0.25, 0.3) is 5.56 Å². The van der Waals surface area contributed by atoms with Crippen LogP contribution < -0.4 is 25.2 Å². The predicted octanol–water partition coefficient (Wildman–Crippen LogP) is 3.08. The van der Waals surface area contributed by atoms with Crippen LogP contribution in [-0.4, -0.2) is 41.7 Å². The monoisotopic (exact) mass is 409 g/mol. The lowest BCUT2D eigenvalue weighted by Gasteiger charge is -2.13. The summed E-state index contributed by atoms with van der Waals surface area (Å²) in [5, 5.41) is 12.1. The van der Waals surface area contributed by atoms with E-state index in [-0.39, 0.29) is 23.3 Å². The highest BCUT2D eigenvalue weighted by atomic mass is 16.5. The van der Waals surface area contributed by atoms with Crippen molar-refractivity contribution in [3.05, 3.63) is 58.4 Å². The number of rotatable bonds is 8. The number of benzene rings is 2. The first-order valence-electron chi connectivity index (χ1n) is 9.25. The largest absolute Gasteiger partial charge is 0.497 e. The Kier molecular flexibility index (Phi) is 6.63. The Morgan fingerprint density at radius 2 is 1.80 bits per heavy atom. The highest BCUT2D eigenvalue weighted by molar-refractivity contribution is 5.81. The smallest absolute Gasteiger partial charge is 0.279 e. The van der Waals surface area contributed by atoms with Crippen LogP contribution in [0.15, 0.2) is 52.4 Å². The van der Waals surface area contributed by atoms with Crippen molar-refractivity contribution in [2.75, 3.05) is 19.6 Å². The molecule has 0 spiro atoms. The van der Waals surface area contributed by atoms with Crippen molar-refractivity contribution in [1.82, 2.24) is 15.2 Å². The molecule has 0 fully saturated rings. The summed E-state index contributed by atoms with van der Waals surface area (Å²) < 4.78 is 16.2. The molecule has 156 valence electrons. The first-order chi connectivity index (χ1) is 14.5. The van der Waals surface area contributed by atoms with Gasteiger partial charge in [0.15, 0.2) is 17.2 Å². The predicted molar refractivity (Wildman–Crippen MR) is 115 cm³/mol. The number of ether oxygens (including phenoxy) is 3. The summed E-state index contributed by atoms with van der Waals surface area (Å²) in [6, 6.07) is 12.4. The fourth-order valence-electron chi connectivity index (χ4n) is 2.61. The molecule has 0 saturated carbocycles. The Balaban J connectivity index is 1.72. The lowest BCUT2D eigenvalue weighted by molar-refractivity contribution is 0.230. The van der Waals surface area contributed by atoms with Gasteiger partial charge >= 0.3 is 0 Å². The maximum atomic E-state index is 12.3. The minimum atomic E-state index is -0.384. The van der Waals surface area contributed by atoms with E-state index in [1.165, 1.54) is 0 Å². The van der Waals surface area contributed by atoms with Crippen molar-refractivity contribution in [2.45, 2.75) is 20.0 Å². The molecule has 3 rings (SSSR count). The van der Waals surface area contributed by atoms with Gasteiger partial charge in [-0.05, 0) is 61.9 Å². The van der Waals surface area contributed by atoms with Gasteiger partial charge in [-0.15, -0.1) is 10.2 Å². The number of aromatic amines is 1. The molecule has 0 aliphatic heterocycles. The normalized spacial score (nSPS) is 11.0. The van der Waals surface area contributed by atoms with E-state index >= 15 is 0 Å². The van der Waals surface area contributed by atoms with Crippen LogP contribution in [0.25, 0.3) is 11.3 Å².